The van der Waals surface area contributed by atoms with Crippen LogP contribution in [-0.4, -0.2) is 56.4 Å². The number of hydrogen-bond acceptors (Lipinski definition) is 7. The number of benzene rings is 2. The quantitative estimate of drug-likeness (QED) is 0.119. The molecule has 2 fully saturated rings. The molecule has 5 N–H and O–H groups in total. The summed E-state index contributed by atoms with van der Waals surface area (Å²) in [5.74, 6) is -7.22. The summed E-state index contributed by atoms with van der Waals surface area (Å²) in [6.45, 7) is 4.08. The number of pyridine rings is 1. The van der Waals surface area contributed by atoms with Crippen molar-refractivity contribution >= 4 is 23.5 Å². The SMILES string of the molecule is CC(C)C[C@@](NC1CCC(Oc2cc(F)c(-n3c(N)c(C(=O)c4ccc(F)cc4)ccc3=O)c(F)c2)CC1)(C(=O)O)C1CCCC1.O=C(O)C(F)(F)F. The fourth-order valence-corrected chi connectivity index (χ4v) is 7.17. The molecule has 1 atom stereocenters. The van der Waals surface area contributed by atoms with Gasteiger partial charge in [-0.2, -0.15) is 13.2 Å². The van der Waals surface area contributed by atoms with Crippen molar-refractivity contribution in [3.8, 4) is 11.4 Å². The van der Waals surface area contributed by atoms with Gasteiger partial charge in [-0.25, -0.2) is 18.0 Å². The number of ketones is 1. The van der Waals surface area contributed by atoms with E-state index in [-0.39, 0.29) is 40.9 Å². The molecule has 16 heteroatoms. The summed E-state index contributed by atoms with van der Waals surface area (Å²) in [5, 5.41) is 21.1. The molecule has 0 unspecified atom stereocenters. The smallest absolute Gasteiger partial charge is 0.490 e. The van der Waals surface area contributed by atoms with Gasteiger partial charge in [0.15, 0.2) is 17.4 Å². The van der Waals surface area contributed by atoms with Crippen LogP contribution in [0.15, 0.2) is 53.3 Å². The van der Waals surface area contributed by atoms with Gasteiger partial charge in [-0.3, -0.25) is 24.3 Å². The van der Waals surface area contributed by atoms with Crippen LogP contribution in [0.1, 0.15) is 87.6 Å². The maximum atomic E-state index is 15.5. The second-order valence-electron chi connectivity index (χ2n) is 13.8. The number of nitrogen functional groups attached to an aromatic ring is 1. The number of nitrogens with zero attached hydrogens (tertiary/aromatic N) is 1. The van der Waals surface area contributed by atoms with Gasteiger partial charge in [0, 0.05) is 29.8 Å². The highest BCUT2D eigenvalue weighted by Gasteiger charge is 2.48. The van der Waals surface area contributed by atoms with Gasteiger partial charge >= 0.3 is 18.1 Å². The lowest BCUT2D eigenvalue weighted by Gasteiger charge is -2.42. The number of carbonyl (C=O) groups is 3. The molecule has 1 heterocycles. The summed E-state index contributed by atoms with van der Waals surface area (Å²) in [7, 11) is 0. The van der Waals surface area contributed by atoms with E-state index >= 15 is 8.78 Å². The minimum absolute atomic E-state index is 0.0223. The van der Waals surface area contributed by atoms with Gasteiger partial charge in [-0.15, -0.1) is 0 Å². The minimum Gasteiger partial charge on any atom is -0.490 e. The average Bonchev–Trinajstić information content (AvgIpc) is 3.62. The Labute approximate surface area is 300 Å². The fraction of sp³-hybridized carbons (Fsp3) is 0.459. The second kappa shape index (κ2) is 16.9. The number of rotatable bonds is 11. The van der Waals surface area contributed by atoms with Crippen LogP contribution in [0.2, 0.25) is 0 Å². The molecular formula is C37H41F6N3O7. The highest BCUT2D eigenvalue weighted by Crippen LogP contribution is 2.40. The zero-order chi connectivity index (χ0) is 39.2. The first-order valence-corrected chi connectivity index (χ1v) is 17.1. The fourth-order valence-electron chi connectivity index (χ4n) is 7.17. The molecule has 10 nitrogen and oxygen atoms in total. The molecule has 3 aromatic rings. The topological polar surface area (TPSA) is 161 Å². The molecule has 2 aliphatic rings. The Balaban J connectivity index is 0.000000815. The monoisotopic (exact) mass is 753 g/mol. The standard InChI is InChI=1S/C35H40F3N3O5.C2HF3O2/c1-20(2)19-35(34(44)45,22-5-3-4-6-22)40-24-11-13-25(14-12-24)46-26-17-28(37)31(29(38)18-26)41-30(42)16-15-27(33(41)39)32(43)21-7-9-23(36)10-8-21;3-2(4,5)1(6)7/h7-10,15-18,20,22,24-25,40H,3-6,11-14,19,39H2,1-2H3,(H,44,45);(H,6,7)/t24?,25?,35-;/m0./s1. The van der Waals surface area contributed by atoms with Crippen molar-refractivity contribution < 1.29 is 55.7 Å². The van der Waals surface area contributed by atoms with E-state index in [2.05, 4.69) is 5.32 Å². The van der Waals surface area contributed by atoms with E-state index in [0.717, 1.165) is 62.1 Å². The van der Waals surface area contributed by atoms with Gasteiger partial charge in [0.2, 0.25) is 0 Å². The average molecular weight is 754 g/mol. The Morgan fingerprint density at radius 2 is 1.43 bits per heavy atom. The van der Waals surface area contributed by atoms with Crippen molar-refractivity contribution in [1.82, 2.24) is 9.88 Å². The van der Waals surface area contributed by atoms with Gasteiger partial charge in [0.1, 0.15) is 28.6 Å². The predicted molar refractivity (Wildman–Crippen MR) is 181 cm³/mol. The summed E-state index contributed by atoms with van der Waals surface area (Å²) in [4.78, 5) is 47.3. The molecule has 0 aliphatic heterocycles. The number of carboxylic acids is 2. The Kier molecular flexibility index (Phi) is 13.0. The van der Waals surface area contributed by atoms with Gasteiger partial charge in [0.25, 0.3) is 5.56 Å². The van der Waals surface area contributed by atoms with Crippen molar-refractivity contribution in [2.45, 2.75) is 95.5 Å². The molecule has 0 saturated heterocycles. The number of hydrogen-bond donors (Lipinski definition) is 4. The minimum atomic E-state index is -5.08. The van der Waals surface area contributed by atoms with Crippen LogP contribution >= 0.6 is 0 Å². The van der Waals surface area contributed by atoms with E-state index in [0.29, 0.717) is 36.7 Å². The zero-order valence-electron chi connectivity index (χ0n) is 29.0. The van der Waals surface area contributed by atoms with Crippen molar-refractivity contribution in [3.63, 3.8) is 0 Å². The number of carboxylic acid groups (broad SMARTS) is 2. The van der Waals surface area contributed by atoms with Crippen LogP contribution in [0, 0.1) is 29.3 Å². The molecular weight excluding hydrogens is 712 g/mol. The van der Waals surface area contributed by atoms with Gasteiger partial charge < -0.3 is 20.7 Å². The number of alkyl halides is 3. The van der Waals surface area contributed by atoms with Crippen LogP contribution in [0.4, 0.5) is 32.2 Å². The molecule has 288 valence electrons. The second-order valence-corrected chi connectivity index (χ2v) is 13.8. The van der Waals surface area contributed by atoms with E-state index in [1.165, 1.54) is 12.1 Å². The number of carbonyl (C=O) groups excluding carboxylic acids is 1. The number of anilines is 1. The van der Waals surface area contributed by atoms with Gasteiger partial charge in [-0.05, 0) is 87.1 Å². The molecule has 53 heavy (non-hydrogen) atoms. The van der Waals surface area contributed by atoms with Crippen LogP contribution in [0.25, 0.3) is 5.69 Å². The molecule has 0 amide bonds. The molecule has 5 rings (SSSR count). The van der Waals surface area contributed by atoms with E-state index in [4.69, 9.17) is 20.4 Å². The molecule has 2 aliphatic carbocycles. The first-order valence-electron chi connectivity index (χ1n) is 17.1. The van der Waals surface area contributed by atoms with E-state index < -0.39 is 64.0 Å². The van der Waals surface area contributed by atoms with E-state index in [1.54, 1.807) is 0 Å². The third kappa shape index (κ3) is 9.77. The Bertz CT molecular complexity index is 1830. The highest BCUT2D eigenvalue weighted by molar-refractivity contribution is 6.11. The summed E-state index contributed by atoms with van der Waals surface area (Å²) >= 11 is 0. The number of aromatic nitrogens is 1. The number of aliphatic carboxylic acids is 2. The number of nitrogens with two attached hydrogens (primary N) is 1. The molecule has 1 aromatic heterocycles. The zero-order valence-corrected chi connectivity index (χ0v) is 29.0. The van der Waals surface area contributed by atoms with Gasteiger partial charge in [0.05, 0.1) is 11.7 Å². The highest BCUT2D eigenvalue weighted by atomic mass is 19.4. The summed E-state index contributed by atoms with van der Waals surface area (Å²) < 4.78 is 82.5. The van der Waals surface area contributed by atoms with Crippen LogP contribution in [-0.2, 0) is 9.59 Å². The van der Waals surface area contributed by atoms with E-state index in [9.17, 15) is 37.1 Å². The van der Waals surface area contributed by atoms with Crippen molar-refractivity contribution in [1.29, 1.82) is 0 Å². The molecule has 0 radical (unpaired) electrons. The largest absolute Gasteiger partial charge is 0.490 e. The molecule has 0 bridgehead atoms. The maximum absolute atomic E-state index is 15.5. The van der Waals surface area contributed by atoms with Crippen molar-refractivity contribution in [2.75, 3.05) is 5.73 Å². The lowest BCUT2D eigenvalue weighted by atomic mass is 9.75. The number of ether oxygens (including phenoxy) is 1. The Hall–Kier alpha value is -4.86. The summed E-state index contributed by atoms with van der Waals surface area (Å²) in [6, 6.07) is 8.74. The molecule has 2 aromatic carbocycles. The lowest BCUT2D eigenvalue weighted by Crippen LogP contribution is -2.61. The first-order chi connectivity index (χ1) is 24.8. The Morgan fingerprint density at radius 3 is 1.92 bits per heavy atom. The third-order valence-electron chi connectivity index (χ3n) is 9.54. The molecule has 0 spiro atoms. The van der Waals surface area contributed by atoms with Gasteiger partial charge in [-0.1, -0.05) is 26.7 Å². The lowest BCUT2D eigenvalue weighted by molar-refractivity contribution is -0.192. The van der Waals surface area contributed by atoms with E-state index in [1.807, 2.05) is 13.8 Å². The summed E-state index contributed by atoms with van der Waals surface area (Å²) in [6.07, 6.45) is 1.39. The van der Waals surface area contributed by atoms with Crippen molar-refractivity contribution in [2.24, 2.45) is 11.8 Å². The summed E-state index contributed by atoms with van der Waals surface area (Å²) in [5.41, 5.74) is 3.44. The normalized spacial score (nSPS) is 18.9. The Morgan fingerprint density at radius 1 is 0.887 bits per heavy atom. The predicted octanol–water partition coefficient (Wildman–Crippen LogP) is 7.04. The van der Waals surface area contributed by atoms with Crippen LogP contribution in [0.3, 0.4) is 0 Å². The van der Waals surface area contributed by atoms with Crippen molar-refractivity contribution in [3.05, 3.63) is 87.5 Å². The maximum Gasteiger partial charge on any atom is 0.490 e. The third-order valence-corrected chi connectivity index (χ3v) is 9.54. The van der Waals surface area contributed by atoms with Crippen LogP contribution in [0.5, 0.6) is 5.75 Å². The number of halogens is 6. The molecule has 2 saturated carbocycles. The van der Waals surface area contributed by atoms with Crippen LogP contribution < -0.4 is 21.3 Å². The first kappa shape index (κ1) is 40.9. The number of nitrogens with one attached hydrogen (secondary N) is 1.